The lowest BCUT2D eigenvalue weighted by Gasteiger charge is -1.97. The molecular weight excluding hydrogens is 330 g/mol. The number of rotatable bonds is 1. The predicted octanol–water partition coefficient (Wildman–Crippen LogP) is -0.273. The van der Waals surface area contributed by atoms with Gasteiger partial charge in [0.2, 0.25) is 0 Å². The molecular formula is C14H9BrClNO2. The first-order valence-corrected chi connectivity index (χ1v) is 5.82. The Balaban J connectivity index is 0.00000133. The van der Waals surface area contributed by atoms with Crippen LogP contribution in [-0.2, 0) is 0 Å². The van der Waals surface area contributed by atoms with Crippen LogP contribution in [0.1, 0.15) is 0 Å². The molecule has 0 radical (unpaired) electrons. The Kier molecular flexibility index (Phi) is 4.02. The zero-order chi connectivity index (χ0) is 12.5. The van der Waals surface area contributed by atoms with Crippen LogP contribution in [0.25, 0.3) is 16.7 Å². The molecule has 5 heteroatoms. The molecule has 0 N–H and O–H groups in total. The highest BCUT2D eigenvalue weighted by Crippen LogP contribution is 2.12. The topological polar surface area (TPSA) is 34.1 Å². The normalized spacial score (nSPS) is 10.2. The van der Waals surface area contributed by atoms with Crippen LogP contribution in [0.5, 0.6) is 0 Å². The van der Waals surface area contributed by atoms with Gasteiger partial charge in [-0.15, -0.1) is 0 Å². The molecule has 3 aromatic rings. The van der Waals surface area contributed by atoms with Crippen molar-refractivity contribution >= 4 is 22.6 Å². The first-order valence-electron chi connectivity index (χ1n) is 5.44. The molecule has 0 aliphatic carbocycles. The Morgan fingerprint density at radius 1 is 1.11 bits per heavy atom. The van der Waals surface area contributed by atoms with E-state index in [2.05, 4.69) is 0 Å². The van der Waals surface area contributed by atoms with E-state index >= 15 is 0 Å². The average molecular weight is 339 g/mol. The lowest BCUT2D eigenvalue weighted by atomic mass is 10.2. The number of hydrogen-bond acceptors (Lipinski definition) is 2. The number of benzene rings is 1. The van der Waals surface area contributed by atoms with Crippen LogP contribution >= 0.6 is 11.6 Å². The fraction of sp³-hybridized carbons (Fsp3) is 0. The summed E-state index contributed by atoms with van der Waals surface area (Å²) in [5.41, 5.74) is 0.631. The molecule has 0 aliphatic heterocycles. The smallest absolute Gasteiger partial charge is 0.409 e. The van der Waals surface area contributed by atoms with Crippen LogP contribution < -0.4 is 27.2 Å². The maximum atomic E-state index is 11.9. The summed E-state index contributed by atoms with van der Waals surface area (Å²) in [4.78, 5) is 11.9. The van der Waals surface area contributed by atoms with Gasteiger partial charge in [-0.25, -0.2) is 4.79 Å². The van der Waals surface area contributed by atoms with Crippen molar-refractivity contribution in [3.05, 3.63) is 70.3 Å². The van der Waals surface area contributed by atoms with Gasteiger partial charge in [-0.3, -0.25) is 0 Å². The average Bonchev–Trinajstić information content (AvgIpc) is 2.38. The summed E-state index contributed by atoms with van der Waals surface area (Å²) in [6.45, 7) is 0. The Labute approximate surface area is 124 Å². The zero-order valence-corrected chi connectivity index (χ0v) is 12.1. The van der Waals surface area contributed by atoms with Gasteiger partial charge >= 0.3 is 5.63 Å². The number of halogens is 2. The number of hydrogen-bond donors (Lipinski definition) is 0. The molecule has 1 aromatic carbocycles. The lowest BCUT2D eigenvalue weighted by molar-refractivity contribution is -0.597. The number of nitrogens with zero attached hydrogens (tertiary/aromatic N) is 1. The van der Waals surface area contributed by atoms with E-state index in [1.165, 1.54) is 0 Å². The second-order valence-electron chi connectivity index (χ2n) is 3.89. The van der Waals surface area contributed by atoms with E-state index in [9.17, 15) is 4.79 Å². The first kappa shape index (κ1) is 13.8. The third-order valence-corrected chi connectivity index (χ3v) is 2.89. The summed E-state index contributed by atoms with van der Waals surface area (Å²) in [6, 6.07) is 12.7. The number of fused-ring (bicyclic) bond motifs is 1. The van der Waals surface area contributed by atoms with E-state index in [0.717, 1.165) is 5.39 Å². The minimum Gasteiger partial charge on any atom is -1.00 e. The largest absolute Gasteiger partial charge is 1.00 e. The maximum absolute atomic E-state index is 11.9. The Hall–Kier alpha value is -1.65. The highest BCUT2D eigenvalue weighted by Gasteiger charge is 2.14. The number of aromatic nitrogens is 1. The van der Waals surface area contributed by atoms with Gasteiger partial charge in [0.15, 0.2) is 12.4 Å². The van der Waals surface area contributed by atoms with Gasteiger partial charge in [0.25, 0.3) is 5.69 Å². The van der Waals surface area contributed by atoms with Crippen molar-refractivity contribution in [2.24, 2.45) is 0 Å². The molecule has 19 heavy (non-hydrogen) atoms. The quantitative estimate of drug-likeness (QED) is 0.452. The van der Waals surface area contributed by atoms with Crippen molar-refractivity contribution in [2.75, 3.05) is 0 Å². The summed E-state index contributed by atoms with van der Waals surface area (Å²) in [5, 5.41) is 1.43. The highest BCUT2D eigenvalue weighted by molar-refractivity contribution is 6.30. The Morgan fingerprint density at radius 2 is 1.89 bits per heavy atom. The molecule has 2 aromatic heterocycles. The second-order valence-corrected chi connectivity index (χ2v) is 4.32. The van der Waals surface area contributed by atoms with Gasteiger partial charge < -0.3 is 21.4 Å². The fourth-order valence-corrected chi connectivity index (χ4v) is 2.01. The first-order chi connectivity index (χ1) is 8.74. The van der Waals surface area contributed by atoms with Crippen molar-refractivity contribution in [2.45, 2.75) is 0 Å². The van der Waals surface area contributed by atoms with E-state index < -0.39 is 0 Å². The van der Waals surface area contributed by atoms with Crippen molar-refractivity contribution < 1.29 is 26.0 Å². The minimum atomic E-state index is -0.388. The molecule has 3 nitrogen and oxygen atoms in total. The van der Waals surface area contributed by atoms with Crippen molar-refractivity contribution in [1.82, 2.24) is 0 Å². The van der Waals surface area contributed by atoms with Crippen LogP contribution in [0.2, 0.25) is 5.02 Å². The van der Waals surface area contributed by atoms with E-state index in [0.29, 0.717) is 16.3 Å². The maximum Gasteiger partial charge on any atom is 0.409 e. The molecule has 0 spiro atoms. The van der Waals surface area contributed by atoms with Crippen LogP contribution in [0, 0.1) is 0 Å². The molecule has 0 fully saturated rings. The van der Waals surface area contributed by atoms with Crippen LogP contribution in [0.15, 0.2) is 64.1 Å². The van der Waals surface area contributed by atoms with E-state index in [4.69, 9.17) is 16.0 Å². The molecule has 3 rings (SSSR count). The van der Waals surface area contributed by atoms with Gasteiger partial charge in [-0.2, -0.15) is 4.57 Å². The molecule has 2 heterocycles. The summed E-state index contributed by atoms with van der Waals surface area (Å²) in [7, 11) is 0. The molecule has 0 amide bonds. The zero-order valence-electron chi connectivity index (χ0n) is 9.72. The van der Waals surface area contributed by atoms with Gasteiger partial charge in [-0.1, -0.05) is 29.8 Å². The van der Waals surface area contributed by atoms with Crippen molar-refractivity contribution in [3.63, 3.8) is 0 Å². The minimum absolute atomic E-state index is 0. The molecule has 0 saturated heterocycles. The van der Waals surface area contributed by atoms with Crippen LogP contribution in [0.4, 0.5) is 0 Å². The summed E-state index contributed by atoms with van der Waals surface area (Å²) in [5.74, 6) is 0. The molecule has 0 bridgehead atoms. The van der Waals surface area contributed by atoms with Gasteiger partial charge in [0.05, 0.1) is 0 Å². The highest BCUT2D eigenvalue weighted by atomic mass is 79.9. The van der Waals surface area contributed by atoms with Crippen molar-refractivity contribution in [1.29, 1.82) is 0 Å². The monoisotopic (exact) mass is 337 g/mol. The van der Waals surface area contributed by atoms with Gasteiger partial charge in [0.1, 0.15) is 10.6 Å². The second kappa shape index (κ2) is 5.55. The molecule has 0 unspecified atom stereocenters. The van der Waals surface area contributed by atoms with E-state index in [1.54, 1.807) is 41.2 Å². The van der Waals surface area contributed by atoms with Gasteiger partial charge in [-0.05, 0) is 12.1 Å². The fourth-order valence-electron chi connectivity index (χ4n) is 1.83. The SMILES string of the molecule is O=c1oc2ccccc2cc1-[n+]1cccc(Cl)c1.[Br-]. The lowest BCUT2D eigenvalue weighted by Crippen LogP contribution is -3.00. The predicted molar refractivity (Wildman–Crippen MR) is 69.0 cm³/mol. The van der Waals surface area contributed by atoms with E-state index in [1.807, 2.05) is 18.2 Å². The summed E-state index contributed by atoms with van der Waals surface area (Å²) in [6.07, 6.45) is 3.43. The van der Waals surface area contributed by atoms with E-state index in [-0.39, 0.29) is 22.6 Å². The summed E-state index contributed by atoms with van der Waals surface area (Å²) < 4.78 is 6.92. The van der Waals surface area contributed by atoms with Gasteiger partial charge in [0, 0.05) is 17.5 Å². The third kappa shape index (κ3) is 2.69. The number of para-hydroxylation sites is 1. The third-order valence-electron chi connectivity index (χ3n) is 2.67. The van der Waals surface area contributed by atoms with Crippen LogP contribution in [0.3, 0.4) is 0 Å². The van der Waals surface area contributed by atoms with Crippen LogP contribution in [-0.4, -0.2) is 0 Å². The molecule has 0 atom stereocenters. The standard InChI is InChI=1S/C14H9ClNO2.BrH/c15-11-5-3-7-16(9-11)12-8-10-4-1-2-6-13(10)18-14(12)17;/h1-9H;1H/q+1;/p-1. The summed E-state index contributed by atoms with van der Waals surface area (Å²) >= 11 is 5.91. The molecule has 0 saturated carbocycles. The molecule has 96 valence electrons. The van der Waals surface area contributed by atoms with Crippen molar-refractivity contribution in [3.8, 4) is 5.69 Å². The molecule has 0 aliphatic rings. The number of pyridine rings is 1. The Morgan fingerprint density at radius 3 is 2.68 bits per heavy atom. The Bertz CT molecular complexity index is 785.